The molecule has 6 nitrogen and oxygen atoms in total. The average Bonchev–Trinajstić information content (AvgIpc) is 2.61. The lowest BCUT2D eigenvalue weighted by Crippen LogP contribution is -2.45. The van der Waals surface area contributed by atoms with Crippen molar-refractivity contribution < 1.29 is 13.2 Å². The quantitative estimate of drug-likeness (QED) is 0.885. The fourth-order valence-electron chi connectivity index (χ4n) is 3.73. The van der Waals surface area contributed by atoms with Gasteiger partial charge in [-0.25, -0.2) is 8.42 Å². The van der Waals surface area contributed by atoms with Gasteiger partial charge in [-0.05, 0) is 50.8 Å². The van der Waals surface area contributed by atoms with Crippen LogP contribution in [0.1, 0.15) is 49.4 Å². The molecule has 0 bridgehead atoms. The third-order valence-corrected chi connectivity index (χ3v) is 7.18. The van der Waals surface area contributed by atoms with E-state index in [9.17, 15) is 13.2 Å². The van der Waals surface area contributed by atoms with Crippen LogP contribution < -0.4 is 5.73 Å². The molecule has 2 aliphatic rings. The number of sulfonamides is 1. The molecule has 0 aromatic heterocycles. The smallest absolute Gasteiger partial charge is 0.253 e. The van der Waals surface area contributed by atoms with Crippen LogP contribution in [0.3, 0.4) is 0 Å². The molecule has 0 saturated carbocycles. The highest BCUT2D eigenvalue weighted by molar-refractivity contribution is 7.89. The summed E-state index contributed by atoms with van der Waals surface area (Å²) in [6.45, 7) is 3.69. The highest BCUT2D eigenvalue weighted by atomic mass is 32.2. The van der Waals surface area contributed by atoms with Crippen molar-refractivity contribution in [1.82, 2.24) is 9.21 Å². The Bertz CT molecular complexity index is 735. The first-order valence-electron chi connectivity index (χ1n) is 9.06. The minimum absolute atomic E-state index is 0.00110. The van der Waals surface area contributed by atoms with Crippen molar-refractivity contribution in [3.63, 3.8) is 0 Å². The predicted octanol–water partition coefficient (Wildman–Crippen LogP) is 1.81. The Balaban J connectivity index is 1.84. The van der Waals surface area contributed by atoms with Crippen molar-refractivity contribution in [2.45, 2.75) is 56.0 Å². The summed E-state index contributed by atoms with van der Waals surface area (Å²) < 4.78 is 27.5. The summed E-state index contributed by atoms with van der Waals surface area (Å²) in [6, 6.07) is 6.42. The van der Waals surface area contributed by atoms with Gasteiger partial charge in [0.25, 0.3) is 5.91 Å². The lowest BCUT2D eigenvalue weighted by Gasteiger charge is -2.32. The molecule has 2 heterocycles. The molecule has 2 aliphatic heterocycles. The van der Waals surface area contributed by atoms with E-state index >= 15 is 0 Å². The zero-order valence-electron chi connectivity index (χ0n) is 14.7. The van der Waals surface area contributed by atoms with Crippen LogP contribution >= 0.6 is 0 Å². The van der Waals surface area contributed by atoms with E-state index in [4.69, 9.17) is 5.73 Å². The van der Waals surface area contributed by atoms with Gasteiger partial charge in [0, 0.05) is 37.3 Å². The molecule has 0 radical (unpaired) electrons. The number of carbonyl (C=O) groups is 1. The maximum absolute atomic E-state index is 13.0. The Kier molecular flexibility index (Phi) is 5.46. The number of amides is 1. The Morgan fingerprint density at radius 2 is 1.96 bits per heavy atom. The number of likely N-dealkylation sites (tertiary alicyclic amines) is 1. The Hall–Kier alpha value is -1.44. The topological polar surface area (TPSA) is 83.7 Å². The predicted molar refractivity (Wildman–Crippen MR) is 96.8 cm³/mol. The van der Waals surface area contributed by atoms with Crippen LogP contribution in [0.2, 0.25) is 0 Å². The summed E-state index contributed by atoms with van der Waals surface area (Å²) >= 11 is 0. The maximum atomic E-state index is 13.0. The van der Waals surface area contributed by atoms with E-state index in [1.807, 2.05) is 6.92 Å². The second-order valence-electron chi connectivity index (χ2n) is 7.14. The molecular formula is C18H27N3O3S. The van der Waals surface area contributed by atoms with Crippen LogP contribution in [0.4, 0.5) is 0 Å². The molecule has 0 aliphatic carbocycles. The van der Waals surface area contributed by atoms with E-state index in [0.717, 1.165) is 32.1 Å². The zero-order valence-corrected chi connectivity index (χ0v) is 15.5. The van der Waals surface area contributed by atoms with Crippen molar-refractivity contribution in [3.8, 4) is 0 Å². The fourth-order valence-corrected chi connectivity index (χ4v) is 5.48. The number of nitrogens with two attached hydrogens (primary N) is 1. The molecular weight excluding hydrogens is 338 g/mol. The first-order chi connectivity index (χ1) is 11.9. The fraction of sp³-hybridized carbons (Fsp3) is 0.611. The normalized spacial score (nSPS) is 25.8. The van der Waals surface area contributed by atoms with Crippen LogP contribution in [-0.2, 0) is 10.0 Å². The van der Waals surface area contributed by atoms with Gasteiger partial charge in [0.1, 0.15) is 0 Å². The zero-order chi connectivity index (χ0) is 18.0. The minimum atomic E-state index is -3.57. The van der Waals surface area contributed by atoms with E-state index in [2.05, 4.69) is 0 Å². The van der Waals surface area contributed by atoms with Crippen LogP contribution in [0.15, 0.2) is 29.2 Å². The molecule has 2 fully saturated rings. The molecule has 1 aromatic rings. The molecule has 2 unspecified atom stereocenters. The molecule has 7 heteroatoms. The van der Waals surface area contributed by atoms with Crippen molar-refractivity contribution in [1.29, 1.82) is 0 Å². The second kappa shape index (κ2) is 7.43. The van der Waals surface area contributed by atoms with Gasteiger partial charge in [-0.3, -0.25) is 4.79 Å². The molecule has 2 atom stereocenters. The summed E-state index contributed by atoms with van der Waals surface area (Å²) in [4.78, 5) is 14.7. The third kappa shape index (κ3) is 3.88. The Labute approximate surface area is 150 Å². The Morgan fingerprint density at radius 1 is 1.16 bits per heavy atom. The largest absolute Gasteiger partial charge is 0.337 e. The SMILES string of the molecule is CC1CCCCN1S(=O)(=O)c1cccc(C(=O)N2CCCC(N)C2)c1. The van der Waals surface area contributed by atoms with Crippen molar-refractivity contribution in [2.24, 2.45) is 5.73 Å². The molecule has 3 rings (SSSR count). The Morgan fingerprint density at radius 3 is 2.68 bits per heavy atom. The number of benzene rings is 1. The van der Waals surface area contributed by atoms with Gasteiger partial charge in [-0.15, -0.1) is 0 Å². The van der Waals surface area contributed by atoms with Crippen molar-refractivity contribution in [2.75, 3.05) is 19.6 Å². The summed E-state index contributed by atoms with van der Waals surface area (Å²) in [5, 5.41) is 0. The highest BCUT2D eigenvalue weighted by Gasteiger charge is 2.31. The van der Waals surface area contributed by atoms with Gasteiger partial charge in [0.15, 0.2) is 0 Å². The van der Waals surface area contributed by atoms with Crippen LogP contribution in [0.5, 0.6) is 0 Å². The van der Waals surface area contributed by atoms with Gasteiger partial charge in [0.2, 0.25) is 10.0 Å². The molecule has 2 saturated heterocycles. The van der Waals surface area contributed by atoms with Gasteiger partial charge >= 0.3 is 0 Å². The van der Waals surface area contributed by atoms with Crippen LogP contribution in [0, 0.1) is 0 Å². The molecule has 1 aromatic carbocycles. The van der Waals surface area contributed by atoms with E-state index in [-0.39, 0.29) is 22.9 Å². The molecule has 138 valence electrons. The molecule has 1 amide bonds. The third-order valence-electron chi connectivity index (χ3n) is 5.17. The lowest BCUT2D eigenvalue weighted by atomic mass is 10.1. The number of piperidine rings is 2. The minimum Gasteiger partial charge on any atom is -0.337 e. The molecule has 2 N–H and O–H groups in total. The second-order valence-corrected chi connectivity index (χ2v) is 9.03. The molecule has 0 spiro atoms. The first kappa shape index (κ1) is 18.4. The monoisotopic (exact) mass is 365 g/mol. The molecule has 25 heavy (non-hydrogen) atoms. The number of nitrogens with zero attached hydrogens (tertiary/aromatic N) is 2. The average molecular weight is 365 g/mol. The van der Waals surface area contributed by atoms with E-state index in [1.165, 1.54) is 6.07 Å². The van der Waals surface area contributed by atoms with Gasteiger partial charge in [0.05, 0.1) is 4.90 Å². The maximum Gasteiger partial charge on any atom is 0.253 e. The van der Waals surface area contributed by atoms with Gasteiger partial charge in [-0.1, -0.05) is 12.5 Å². The van der Waals surface area contributed by atoms with E-state index in [0.29, 0.717) is 25.2 Å². The van der Waals surface area contributed by atoms with Crippen LogP contribution in [-0.4, -0.2) is 55.2 Å². The van der Waals surface area contributed by atoms with Crippen molar-refractivity contribution in [3.05, 3.63) is 29.8 Å². The summed E-state index contributed by atoms with van der Waals surface area (Å²) in [5.74, 6) is -0.140. The standard InChI is InChI=1S/C18H27N3O3S/c1-14-6-2-3-11-21(14)25(23,24)17-9-4-7-15(12-17)18(22)20-10-5-8-16(19)13-20/h4,7,9,12,14,16H,2-3,5-6,8,10-11,13,19H2,1H3. The van der Waals surface area contributed by atoms with Gasteiger partial charge < -0.3 is 10.6 Å². The summed E-state index contributed by atoms with van der Waals surface area (Å²) in [5.41, 5.74) is 6.37. The van der Waals surface area contributed by atoms with E-state index < -0.39 is 10.0 Å². The van der Waals surface area contributed by atoms with Gasteiger partial charge in [-0.2, -0.15) is 4.31 Å². The first-order valence-corrected chi connectivity index (χ1v) is 10.5. The number of hydrogen-bond acceptors (Lipinski definition) is 4. The van der Waals surface area contributed by atoms with E-state index in [1.54, 1.807) is 27.4 Å². The van der Waals surface area contributed by atoms with Crippen molar-refractivity contribution >= 4 is 15.9 Å². The van der Waals surface area contributed by atoms with Crippen LogP contribution in [0.25, 0.3) is 0 Å². The number of hydrogen-bond donors (Lipinski definition) is 1. The summed E-state index contributed by atoms with van der Waals surface area (Å²) in [6.07, 6.45) is 4.62. The highest BCUT2D eigenvalue weighted by Crippen LogP contribution is 2.26. The number of rotatable bonds is 3. The lowest BCUT2D eigenvalue weighted by molar-refractivity contribution is 0.0708. The number of carbonyl (C=O) groups excluding carboxylic acids is 1. The summed E-state index contributed by atoms with van der Waals surface area (Å²) in [7, 11) is -3.57.